The van der Waals surface area contributed by atoms with E-state index in [1.165, 1.54) is 43.0 Å². The van der Waals surface area contributed by atoms with Crippen LogP contribution in [0.2, 0.25) is 0 Å². The van der Waals surface area contributed by atoms with Crippen molar-refractivity contribution in [3.63, 3.8) is 0 Å². The van der Waals surface area contributed by atoms with Gasteiger partial charge in [-0.05, 0) is 48.9 Å². The van der Waals surface area contributed by atoms with Gasteiger partial charge in [-0.3, -0.25) is 24.0 Å². The van der Waals surface area contributed by atoms with Crippen LogP contribution in [-0.2, 0) is 19.2 Å². The summed E-state index contributed by atoms with van der Waals surface area (Å²) in [5.74, 6) is -7.69. The van der Waals surface area contributed by atoms with Crippen LogP contribution < -0.4 is 21.1 Å². The molecule has 4 amide bonds. The lowest BCUT2D eigenvalue weighted by atomic mass is 9.98. The summed E-state index contributed by atoms with van der Waals surface area (Å²) in [6.45, 7) is 5.49. The van der Waals surface area contributed by atoms with Crippen molar-refractivity contribution < 1.29 is 47.0 Å². The SMILES string of the molecule is CC(C)C(NC(=O)[C@@H]1CCCN1C(=O)[C@@H](NC(=O)c1ccc(C(=O)NCC(=O)[O-])cc1)C(C)C)C(=O)C(F)(F)F. The Hall–Kier alpha value is -3.97. The van der Waals surface area contributed by atoms with Gasteiger partial charge in [0.2, 0.25) is 11.8 Å². The fourth-order valence-corrected chi connectivity index (χ4v) is 4.21. The van der Waals surface area contributed by atoms with Gasteiger partial charge in [0.25, 0.3) is 17.6 Å². The first kappa shape index (κ1) is 32.2. The van der Waals surface area contributed by atoms with E-state index in [0.717, 1.165) is 0 Å². The standard InChI is InChI=1S/C26H33F3N4O7/c1-13(2)19(21(36)26(27,28)29)31-24(39)17-6-5-11-33(17)25(40)20(14(3)4)32-23(38)16-9-7-15(8-10-16)22(37)30-12-18(34)35/h7-10,13-14,17,19-20H,5-6,11-12H2,1-4H3,(H,30,37)(H,31,39)(H,32,38)(H,34,35)/p-1/t17-,19?,20-/m0/s1. The predicted molar refractivity (Wildman–Crippen MR) is 132 cm³/mol. The number of benzene rings is 1. The van der Waals surface area contributed by atoms with Crippen molar-refractivity contribution in [3.05, 3.63) is 35.4 Å². The van der Waals surface area contributed by atoms with E-state index in [2.05, 4.69) is 16.0 Å². The number of halogens is 3. The van der Waals surface area contributed by atoms with E-state index in [0.29, 0.717) is 6.42 Å². The molecule has 1 aliphatic rings. The number of rotatable bonds is 11. The van der Waals surface area contributed by atoms with Crippen LogP contribution in [0.15, 0.2) is 24.3 Å². The van der Waals surface area contributed by atoms with Crippen LogP contribution in [0.3, 0.4) is 0 Å². The van der Waals surface area contributed by atoms with Crippen LogP contribution in [-0.4, -0.2) is 77.7 Å². The molecule has 2 rings (SSSR count). The molecule has 1 aromatic carbocycles. The van der Waals surface area contributed by atoms with Crippen molar-refractivity contribution in [3.8, 4) is 0 Å². The van der Waals surface area contributed by atoms with E-state index in [-0.39, 0.29) is 24.1 Å². The van der Waals surface area contributed by atoms with E-state index >= 15 is 0 Å². The molecule has 40 heavy (non-hydrogen) atoms. The maximum absolute atomic E-state index is 13.4. The molecule has 1 saturated heterocycles. The number of carbonyl (C=O) groups excluding carboxylic acids is 6. The normalized spacial score (nSPS) is 16.8. The average molecular weight is 570 g/mol. The largest absolute Gasteiger partial charge is 0.548 e. The Morgan fingerprint density at radius 3 is 1.90 bits per heavy atom. The average Bonchev–Trinajstić information content (AvgIpc) is 3.37. The molecule has 0 spiro atoms. The number of aliphatic carboxylic acids is 1. The van der Waals surface area contributed by atoms with Crippen molar-refractivity contribution in [1.29, 1.82) is 0 Å². The number of amides is 4. The lowest BCUT2D eigenvalue weighted by Gasteiger charge is -2.32. The van der Waals surface area contributed by atoms with E-state index in [1.807, 2.05) is 0 Å². The molecule has 0 aromatic heterocycles. The lowest BCUT2D eigenvalue weighted by molar-refractivity contribution is -0.303. The highest BCUT2D eigenvalue weighted by atomic mass is 19.4. The molecular weight excluding hydrogens is 537 g/mol. The smallest absolute Gasteiger partial charge is 0.452 e. The number of carboxylic acid groups (broad SMARTS) is 1. The second kappa shape index (κ2) is 13.4. The fourth-order valence-electron chi connectivity index (χ4n) is 4.21. The summed E-state index contributed by atoms with van der Waals surface area (Å²) in [6, 6.07) is 1.18. The minimum Gasteiger partial charge on any atom is -0.548 e. The van der Waals surface area contributed by atoms with Gasteiger partial charge in [0.05, 0.1) is 18.6 Å². The molecule has 1 fully saturated rings. The zero-order valence-electron chi connectivity index (χ0n) is 22.5. The van der Waals surface area contributed by atoms with Crippen molar-refractivity contribution in [1.82, 2.24) is 20.9 Å². The molecule has 1 aliphatic heterocycles. The number of Topliss-reactive ketones (excluding diaryl/α,β-unsaturated/α-hetero) is 1. The van der Waals surface area contributed by atoms with E-state index in [9.17, 15) is 47.0 Å². The van der Waals surface area contributed by atoms with Gasteiger partial charge in [0, 0.05) is 17.7 Å². The molecule has 3 N–H and O–H groups in total. The third-order valence-electron chi connectivity index (χ3n) is 6.39. The Morgan fingerprint density at radius 2 is 1.43 bits per heavy atom. The lowest BCUT2D eigenvalue weighted by Crippen LogP contribution is -2.58. The Labute approximate surface area is 228 Å². The first-order valence-electron chi connectivity index (χ1n) is 12.7. The van der Waals surface area contributed by atoms with Crippen LogP contribution in [0.25, 0.3) is 0 Å². The topological polar surface area (TPSA) is 165 Å². The van der Waals surface area contributed by atoms with Gasteiger partial charge in [-0.1, -0.05) is 27.7 Å². The van der Waals surface area contributed by atoms with Crippen LogP contribution in [0.1, 0.15) is 61.3 Å². The highest BCUT2D eigenvalue weighted by Gasteiger charge is 2.46. The van der Waals surface area contributed by atoms with Gasteiger partial charge in [-0.25, -0.2) is 0 Å². The molecule has 0 bridgehead atoms. The molecule has 14 heteroatoms. The van der Waals surface area contributed by atoms with Crippen LogP contribution in [0, 0.1) is 11.8 Å². The second-order valence-corrected chi connectivity index (χ2v) is 10.1. The number of hydrogen-bond acceptors (Lipinski definition) is 7. The molecule has 0 aliphatic carbocycles. The number of nitrogens with zero attached hydrogens (tertiary/aromatic N) is 1. The Kier molecular flexibility index (Phi) is 10.8. The molecule has 1 unspecified atom stereocenters. The van der Waals surface area contributed by atoms with Gasteiger partial charge < -0.3 is 30.8 Å². The molecule has 1 aromatic rings. The number of nitrogens with one attached hydrogen (secondary N) is 3. The van der Waals surface area contributed by atoms with Crippen molar-refractivity contribution >= 4 is 35.4 Å². The molecule has 3 atom stereocenters. The summed E-state index contributed by atoms with van der Waals surface area (Å²) in [6.07, 6.45) is -4.58. The Morgan fingerprint density at radius 1 is 0.900 bits per heavy atom. The summed E-state index contributed by atoms with van der Waals surface area (Å²) >= 11 is 0. The monoisotopic (exact) mass is 569 g/mol. The van der Waals surface area contributed by atoms with Gasteiger partial charge >= 0.3 is 6.18 Å². The van der Waals surface area contributed by atoms with E-state index in [4.69, 9.17) is 0 Å². The van der Waals surface area contributed by atoms with E-state index in [1.54, 1.807) is 13.8 Å². The summed E-state index contributed by atoms with van der Waals surface area (Å²) in [5.41, 5.74) is 0.181. The quantitative estimate of drug-likeness (QED) is 0.342. The zero-order valence-corrected chi connectivity index (χ0v) is 22.5. The summed E-state index contributed by atoms with van der Waals surface area (Å²) < 4.78 is 39.1. The highest BCUT2D eigenvalue weighted by molar-refractivity contribution is 6.01. The number of ketones is 1. The molecule has 0 radical (unpaired) electrons. The molecule has 11 nitrogen and oxygen atoms in total. The summed E-state index contributed by atoms with van der Waals surface area (Å²) in [7, 11) is 0. The third-order valence-corrected chi connectivity index (χ3v) is 6.39. The van der Waals surface area contributed by atoms with Gasteiger partial charge in [-0.2, -0.15) is 13.2 Å². The predicted octanol–water partition coefficient (Wildman–Crippen LogP) is 0.184. The van der Waals surface area contributed by atoms with Crippen molar-refractivity contribution in [2.24, 2.45) is 11.8 Å². The minimum absolute atomic E-state index is 0.0870. The van der Waals surface area contributed by atoms with Gasteiger partial charge in [0.1, 0.15) is 12.1 Å². The van der Waals surface area contributed by atoms with Crippen LogP contribution >= 0.6 is 0 Å². The first-order valence-corrected chi connectivity index (χ1v) is 12.7. The molecule has 0 saturated carbocycles. The Balaban J connectivity index is 2.14. The highest BCUT2D eigenvalue weighted by Crippen LogP contribution is 2.24. The number of carbonyl (C=O) groups is 6. The van der Waals surface area contributed by atoms with Crippen molar-refractivity contribution in [2.75, 3.05) is 13.1 Å². The summed E-state index contributed by atoms with van der Waals surface area (Å²) in [4.78, 5) is 74.7. The molecule has 220 valence electrons. The number of likely N-dealkylation sites (tertiary alicyclic amines) is 1. The second-order valence-electron chi connectivity index (χ2n) is 10.1. The van der Waals surface area contributed by atoms with Crippen LogP contribution in [0.5, 0.6) is 0 Å². The first-order chi connectivity index (χ1) is 18.5. The third kappa shape index (κ3) is 8.26. The number of alkyl halides is 3. The van der Waals surface area contributed by atoms with E-state index < -0.39 is 78.1 Å². The van der Waals surface area contributed by atoms with Crippen LogP contribution in [0.4, 0.5) is 13.2 Å². The number of hydrogen-bond donors (Lipinski definition) is 3. The maximum atomic E-state index is 13.4. The fraction of sp³-hybridized carbons (Fsp3) is 0.538. The zero-order chi connectivity index (χ0) is 30.4. The maximum Gasteiger partial charge on any atom is 0.452 e. The van der Waals surface area contributed by atoms with Gasteiger partial charge in [-0.15, -0.1) is 0 Å². The number of carboxylic acids is 1. The minimum atomic E-state index is -5.14. The van der Waals surface area contributed by atoms with Crippen molar-refractivity contribution in [2.45, 2.75) is 64.8 Å². The van der Waals surface area contributed by atoms with Gasteiger partial charge in [0.15, 0.2) is 0 Å². The summed E-state index contributed by atoms with van der Waals surface area (Å²) in [5, 5.41) is 17.4. The Bertz CT molecular complexity index is 1140. The molecule has 1 heterocycles. The molecular formula is C26H32F3N4O7-.